The number of allylic oxidation sites excluding steroid dienone is 1. The summed E-state index contributed by atoms with van der Waals surface area (Å²) in [6, 6.07) is 0.353. The van der Waals surface area contributed by atoms with E-state index < -0.39 is 5.92 Å². The van der Waals surface area contributed by atoms with Crippen LogP contribution in [0.1, 0.15) is 58.3 Å². The van der Waals surface area contributed by atoms with Gasteiger partial charge in [0.2, 0.25) is 5.92 Å². The maximum Gasteiger partial charge on any atom is 0.248 e. The van der Waals surface area contributed by atoms with E-state index in [1.165, 1.54) is 24.8 Å². The molecule has 3 heteroatoms. The quantitative estimate of drug-likeness (QED) is 0.741. The standard InChI is InChI=1S/C15H25F2N/c1-2-18-14(12-6-4-3-5-7-12)13-8-10-15(16,17)11-9-13/h6,13-14,18H,2-5,7-11H2,1H3. The molecule has 2 aliphatic rings. The number of hydrogen-bond donors (Lipinski definition) is 1. The summed E-state index contributed by atoms with van der Waals surface area (Å²) in [5.41, 5.74) is 1.48. The van der Waals surface area contributed by atoms with E-state index in [9.17, 15) is 8.78 Å². The Balaban J connectivity index is 1.99. The Hall–Kier alpha value is -0.440. The second-order valence-electron chi connectivity index (χ2n) is 5.75. The maximum atomic E-state index is 13.2. The Bertz CT molecular complexity index is 289. The van der Waals surface area contributed by atoms with Gasteiger partial charge in [0.15, 0.2) is 0 Å². The number of likely N-dealkylation sites (N-methyl/N-ethyl adjacent to an activating group) is 1. The first-order valence-electron chi connectivity index (χ1n) is 7.42. The first-order valence-corrected chi connectivity index (χ1v) is 7.42. The summed E-state index contributed by atoms with van der Waals surface area (Å²) in [5.74, 6) is -2.00. The van der Waals surface area contributed by atoms with Crippen molar-refractivity contribution in [1.29, 1.82) is 0 Å². The third kappa shape index (κ3) is 3.53. The fourth-order valence-corrected chi connectivity index (χ4v) is 3.36. The van der Waals surface area contributed by atoms with Crippen molar-refractivity contribution in [2.45, 2.75) is 70.3 Å². The van der Waals surface area contributed by atoms with Gasteiger partial charge in [-0.25, -0.2) is 8.78 Å². The van der Waals surface area contributed by atoms with Crippen LogP contribution in [0.25, 0.3) is 0 Å². The zero-order chi connectivity index (χ0) is 13.0. The van der Waals surface area contributed by atoms with E-state index >= 15 is 0 Å². The van der Waals surface area contributed by atoms with E-state index in [4.69, 9.17) is 0 Å². The Kier molecular flexibility index (Phi) is 4.77. The summed E-state index contributed by atoms with van der Waals surface area (Å²) in [6.45, 7) is 3.03. The topological polar surface area (TPSA) is 12.0 Å². The van der Waals surface area contributed by atoms with Gasteiger partial charge in [0.25, 0.3) is 0 Å². The monoisotopic (exact) mass is 257 g/mol. The average molecular weight is 257 g/mol. The molecule has 1 atom stereocenters. The molecule has 1 saturated carbocycles. The van der Waals surface area contributed by atoms with Gasteiger partial charge in [-0.15, -0.1) is 0 Å². The van der Waals surface area contributed by atoms with E-state index in [1.54, 1.807) is 0 Å². The first-order chi connectivity index (χ1) is 8.62. The summed E-state index contributed by atoms with van der Waals surface area (Å²) in [5, 5.41) is 3.54. The lowest BCUT2D eigenvalue weighted by molar-refractivity contribution is -0.0483. The zero-order valence-electron chi connectivity index (χ0n) is 11.4. The third-order valence-electron chi connectivity index (χ3n) is 4.38. The van der Waals surface area contributed by atoms with Crippen LogP contribution in [0.2, 0.25) is 0 Å². The van der Waals surface area contributed by atoms with Crippen LogP contribution in [-0.4, -0.2) is 18.5 Å². The summed E-state index contributed by atoms with van der Waals surface area (Å²) in [4.78, 5) is 0. The van der Waals surface area contributed by atoms with Crippen LogP contribution in [0.15, 0.2) is 11.6 Å². The molecule has 0 radical (unpaired) electrons. The molecule has 0 spiro atoms. The van der Waals surface area contributed by atoms with Crippen molar-refractivity contribution in [3.63, 3.8) is 0 Å². The molecule has 0 aromatic rings. The zero-order valence-corrected chi connectivity index (χ0v) is 11.4. The number of rotatable bonds is 4. The minimum absolute atomic E-state index is 0.0762. The number of hydrogen-bond acceptors (Lipinski definition) is 1. The molecule has 0 bridgehead atoms. The summed E-state index contributed by atoms with van der Waals surface area (Å²) in [6.07, 6.45) is 8.71. The van der Waals surface area contributed by atoms with Crippen LogP contribution < -0.4 is 5.32 Å². The third-order valence-corrected chi connectivity index (χ3v) is 4.38. The van der Waals surface area contributed by atoms with Crippen LogP contribution in [0.3, 0.4) is 0 Å². The van der Waals surface area contributed by atoms with Gasteiger partial charge in [-0.3, -0.25) is 0 Å². The molecule has 2 rings (SSSR count). The lowest BCUT2D eigenvalue weighted by Crippen LogP contribution is -2.41. The molecule has 0 aromatic carbocycles. The van der Waals surface area contributed by atoms with E-state index in [-0.39, 0.29) is 12.8 Å². The summed E-state index contributed by atoms with van der Waals surface area (Å²) < 4.78 is 26.5. The Labute approximate surface area is 109 Å². The minimum Gasteiger partial charge on any atom is -0.310 e. The molecule has 0 saturated heterocycles. The van der Waals surface area contributed by atoms with Gasteiger partial charge in [-0.05, 0) is 51.0 Å². The van der Waals surface area contributed by atoms with Gasteiger partial charge >= 0.3 is 0 Å². The fourth-order valence-electron chi connectivity index (χ4n) is 3.36. The highest BCUT2D eigenvalue weighted by Gasteiger charge is 2.38. The van der Waals surface area contributed by atoms with Gasteiger partial charge in [0, 0.05) is 18.9 Å². The Morgan fingerprint density at radius 3 is 2.61 bits per heavy atom. The van der Waals surface area contributed by atoms with Crippen molar-refractivity contribution in [2.75, 3.05) is 6.54 Å². The van der Waals surface area contributed by atoms with Crippen LogP contribution >= 0.6 is 0 Å². The lowest BCUT2D eigenvalue weighted by atomic mass is 9.77. The number of nitrogens with one attached hydrogen (secondary N) is 1. The molecule has 1 fully saturated rings. The van der Waals surface area contributed by atoms with Crippen molar-refractivity contribution >= 4 is 0 Å². The molecule has 0 aromatic heterocycles. The van der Waals surface area contributed by atoms with Crippen LogP contribution in [0.5, 0.6) is 0 Å². The molecular formula is C15H25F2N. The predicted octanol–water partition coefficient (Wildman–Crippen LogP) is 4.29. The van der Waals surface area contributed by atoms with Crippen molar-refractivity contribution < 1.29 is 8.78 Å². The minimum atomic E-state index is -2.41. The number of alkyl halides is 2. The van der Waals surface area contributed by atoms with Crippen molar-refractivity contribution in [3.05, 3.63) is 11.6 Å². The van der Waals surface area contributed by atoms with Crippen molar-refractivity contribution in [1.82, 2.24) is 5.32 Å². The molecule has 2 aliphatic carbocycles. The second-order valence-corrected chi connectivity index (χ2v) is 5.75. The van der Waals surface area contributed by atoms with Crippen LogP contribution in [0.4, 0.5) is 8.78 Å². The summed E-state index contributed by atoms with van der Waals surface area (Å²) >= 11 is 0. The highest BCUT2D eigenvalue weighted by Crippen LogP contribution is 2.39. The van der Waals surface area contributed by atoms with Crippen molar-refractivity contribution in [3.8, 4) is 0 Å². The van der Waals surface area contributed by atoms with Gasteiger partial charge in [0.05, 0.1) is 0 Å². The van der Waals surface area contributed by atoms with Crippen LogP contribution in [0, 0.1) is 5.92 Å². The smallest absolute Gasteiger partial charge is 0.248 e. The number of halogens is 2. The molecule has 18 heavy (non-hydrogen) atoms. The van der Waals surface area contributed by atoms with Gasteiger partial charge < -0.3 is 5.32 Å². The van der Waals surface area contributed by atoms with Gasteiger partial charge in [0.1, 0.15) is 0 Å². The average Bonchev–Trinajstić information content (AvgIpc) is 2.38. The molecule has 1 N–H and O–H groups in total. The Morgan fingerprint density at radius 2 is 2.06 bits per heavy atom. The molecule has 1 nitrogen and oxygen atoms in total. The molecular weight excluding hydrogens is 232 g/mol. The molecule has 1 unspecified atom stereocenters. The second kappa shape index (κ2) is 6.14. The fraction of sp³-hybridized carbons (Fsp3) is 0.867. The predicted molar refractivity (Wildman–Crippen MR) is 70.9 cm³/mol. The maximum absolute atomic E-state index is 13.2. The summed E-state index contributed by atoms with van der Waals surface area (Å²) in [7, 11) is 0. The molecule has 104 valence electrons. The largest absolute Gasteiger partial charge is 0.310 e. The van der Waals surface area contributed by atoms with E-state index in [0.717, 1.165) is 13.0 Å². The van der Waals surface area contributed by atoms with Crippen LogP contribution in [-0.2, 0) is 0 Å². The van der Waals surface area contributed by atoms with Gasteiger partial charge in [-0.1, -0.05) is 18.6 Å². The Morgan fingerprint density at radius 1 is 1.33 bits per heavy atom. The first kappa shape index (κ1) is 14.0. The lowest BCUT2D eigenvalue weighted by Gasteiger charge is -2.36. The van der Waals surface area contributed by atoms with E-state index in [1.807, 2.05) is 0 Å². The van der Waals surface area contributed by atoms with Gasteiger partial charge in [-0.2, -0.15) is 0 Å². The van der Waals surface area contributed by atoms with E-state index in [0.29, 0.717) is 24.8 Å². The van der Waals surface area contributed by atoms with Crippen molar-refractivity contribution in [2.24, 2.45) is 5.92 Å². The van der Waals surface area contributed by atoms with E-state index in [2.05, 4.69) is 18.3 Å². The molecule has 0 amide bonds. The normalized spacial score (nSPS) is 26.7. The molecule has 0 heterocycles. The SMILES string of the molecule is CCNC(C1=CCCCC1)C1CCC(F)(F)CC1. The highest BCUT2D eigenvalue weighted by molar-refractivity contribution is 5.15. The highest BCUT2D eigenvalue weighted by atomic mass is 19.3. The molecule has 0 aliphatic heterocycles.